The first-order valence-corrected chi connectivity index (χ1v) is 7.49. The highest BCUT2D eigenvalue weighted by atomic mass is 16.2. The highest BCUT2D eigenvalue weighted by Crippen LogP contribution is 2.16. The van der Waals surface area contributed by atoms with E-state index in [0.29, 0.717) is 0 Å². The minimum atomic E-state index is -0.241. The molecule has 1 fully saturated rings. The maximum absolute atomic E-state index is 12.3. The van der Waals surface area contributed by atoms with Gasteiger partial charge in [-0.15, -0.1) is 0 Å². The molecule has 5 nitrogen and oxygen atoms in total. The highest BCUT2D eigenvalue weighted by molar-refractivity contribution is 5.89. The molecule has 0 saturated carbocycles. The smallest absolute Gasteiger partial charge is 0.244 e. The minimum absolute atomic E-state index is 0.0932. The van der Waals surface area contributed by atoms with Gasteiger partial charge in [-0.3, -0.25) is 9.59 Å². The number of rotatable bonds is 4. The fourth-order valence-corrected chi connectivity index (χ4v) is 2.55. The lowest BCUT2D eigenvalue weighted by Gasteiger charge is -2.29. The summed E-state index contributed by atoms with van der Waals surface area (Å²) in [7, 11) is 0. The van der Waals surface area contributed by atoms with E-state index in [1.54, 1.807) is 0 Å². The van der Waals surface area contributed by atoms with Gasteiger partial charge >= 0.3 is 0 Å². The Balaban J connectivity index is 1.90. The monoisotopic (exact) mass is 289 g/mol. The first-order chi connectivity index (χ1) is 10.1. The number of amides is 2. The van der Waals surface area contributed by atoms with Crippen LogP contribution in [0.1, 0.15) is 33.1 Å². The summed E-state index contributed by atoms with van der Waals surface area (Å²) in [4.78, 5) is 25.2. The summed E-state index contributed by atoms with van der Waals surface area (Å²) in [6.07, 6.45) is 3.42. The summed E-state index contributed by atoms with van der Waals surface area (Å²) >= 11 is 0. The fraction of sp³-hybridized carbons (Fsp3) is 0.500. The molecular weight excluding hydrogens is 266 g/mol. The number of carbonyl (C=O) groups excluding carboxylic acids is 2. The van der Waals surface area contributed by atoms with Crippen molar-refractivity contribution in [2.24, 2.45) is 0 Å². The lowest BCUT2D eigenvalue weighted by atomic mass is 10.1. The van der Waals surface area contributed by atoms with Crippen molar-refractivity contribution < 1.29 is 9.59 Å². The Morgan fingerprint density at radius 1 is 1.05 bits per heavy atom. The van der Waals surface area contributed by atoms with Gasteiger partial charge in [0.1, 0.15) is 6.04 Å². The van der Waals surface area contributed by atoms with Gasteiger partial charge in [-0.1, -0.05) is 0 Å². The molecule has 0 spiro atoms. The standard InChI is InChI=1S/C16H23N3O2/c1-12(16(21)19-10-4-3-5-11-19)17-14-6-8-15(9-7-14)18-13(2)20/h6-9,12,17H,3-5,10-11H2,1-2H3,(H,18,20). The van der Waals surface area contributed by atoms with E-state index in [9.17, 15) is 9.59 Å². The van der Waals surface area contributed by atoms with E-state index < -0.39 is 0 Å². The molecule has 1 unspecified atom stereocenters. The summed E-state index contributed by atoms with van der Waals surface area (Å²) in [5.41, 5.74) is 1.63. The average Bonchev–Trinajstić information content (AvgIpc) is 2.49. The van der Waals surface area contributed by atoms with Gasteiger partial charge in [-0.2, -0.15) is 0 Å². The van der Waals surface area contributed by atoms with Crippen molar-refractivity contribution in [3.63, 3.8) is 0 Å². The van der Waals surface area contributed by atoms with Crippen LogP contribution in [0.15, 0.2) is 24.3 Å². The molecule has 1 saturated heterocycles. The topological polar surface area (TPSA) is 61.4 Å². The number of piperidine rings is 1. The van der Waals surface area contributed by atoms with E-state index in [0.717, 1.165) is 37.3 Å². The van der Waals surface area contributed by atoms with Gasteiger partial charge in [0, 0.05) is 31.4 Å². The predicted octanol–water partition coefficient (Wildman–Crippen LogP) is 2.46. The molecule has 1 aliphatic rings. The first-order valence-electron chi connectivity index (χ1n) is 7.49. The largest absolute Gasteiger partial charge is 0.374 e. The molecule has 0 bridgehead atoms. The Morgan fingerprint density at radius 3 is 2.19 bits per heavy atom. The molecule has 1 aliphatic heterocycles. The minimum Gasteiger partial charge on any atom is -0.374 e. The number of anilines is 2. The summed E-state index contributed by atoms with van der Waals surface area (Å²) in [6, 6.07) is 7.13. The fourth-order valence-electron chi connectivity index (χ4n) is 2.55. The van der Waals surface area contributed by atoms with E-state index >= 15 is 0 Å². The molecule has 2 amide bonds. The molecule has 0 radical (unpaired) electrons. The molecule has 5 heteroatoms. The van der Waals surface area contributed by atoms with Crippen molar-refractivity contribution in [1.82, 2.24) is 4.90 Å². The van der Waals surface area contributed by atoms with Gasteiger partial charge < -0.3 is 15.5 Å². The molecule has 2 rings (SSSR count). The molecule has 0 aromatic heterocycles. The van der Waals surface area contributed by atoms with E-state index in [1.165, 1.54) is 13.3 Å². The molecular formula is C16H23N3O2. The maximum atomic E-state index is 12.3. The van der Waals surface area contributed by atoms with Crippen molar-refractivity contribution in [1.29, 1.82) is 0 Å². The molecule has 1 aromatic carbocycles. The summed E-state index contributed by atoms with van der Waals surface area (Å²) in [5, 5.41) is 5.93. The van der Waals surface area contributed by atoms with Crippen LogP contribution in [0.5, 0.6) is 0 Å². The molecule has 21 heavy (non-hydrogen) atoms. The number of benzene rings is 1. The van der Waals surface area contributed by atoms with Gasteiger partial charge in [-0.25, -0.2) is 0 Å². The highest BCUT2D eigenvalue weighted by Gasteiger charge is 2.21. The van der Waals surface area contributed by atoms with Crippen LogP contribution in [-0.4, -0.2) is 35.8 Å². The summed E-state index contributed by atoms with van der Waals surface area (Å²) in [5.74, 6) is 0.0602. The van der Waals surface area contributed by atoms with E-state index in [2.05, 4.69) is 10.6 Å². The second-order valence-electron chi connectivity index (χ2n) is 5.51. The third kappa shape index (κ3) is 4.48. The van der Waals surface area contributed by atoms with Crippen LogP contribution in [0.25, 0.3) is 0 Å². The third-order valence-corrected chi connectivity index (χ3v) is 3.63. The summed E-state index contributed by atoms with van der Waals surface area (Å²) in [6.45, 7) is 5.10. The Labute approximate surface area is 125 Å². The molecule has 114 valence electrons. The van der Waals surface area contributed by atoms with Crippen LogP contribution in [0, 0.1) is 0 Å². The van der Waals surface area contributed by atoms with Crippen LogP contribution >= 0.6 is 0 Å². The van der Waals surface area contributed by atoms with Crippen LogP contribution < -0.4 is 10.6 Å². The average molecular weight is 289 g/mol. The van der Waals surface area contributed by atoms with Gasteiger partial charge in [0.25, 0.3) is 0 Å². The Morgan fingerprint density at radius 2 is 1.62 bits per heavy atom. The lowest BCUT2D eigenvalue weighted by molar-refractivity contribution is -0.132. The summed E-state index contributed by atoms with van der Waals surface area (Å²) < 4.78 is 0. The van der Waals surface area contributed by atoms with Crippen molar-refractivity contribution in [2.45, 2.75) is 39.2 Å². The van der Waals surface area contributed by atoms with Gasteiger partial charge in [0.05, 0.1) is 0 Å². The second-order valence-corrected chi connectivity index (χ2v) is 5.51. The normalized spacial score (nSPS) is 16.2. The Bertz CT molecular complexity index is 493. The first kappa shape index (κ1) is 15.4. The number of likely N-dealkylation sites (tertiary alicyclic amines) is 1. The van der Waals surface area contributed by atoms with Crippen LogP contribution in [-0.2, 0) is 9.59 Å². The van der Waals surface area contributed by atoms with Gasteiger partial charge in [0.15, 0.2) is 0 Å². The van der Waals surface area contributed by atoms with E-state index in [4.69, 9.17) is 0 Å². The number of nitrogens with zero attached hydrogens (tertiary/aromatic N) is 1. The number of nitrogens with one attached hydrogen (secondary N) is 2. The van der Waals surface area contributed by atoms with E-state index in [1.807, 2.05) is 36.1 Å². The zero-order valence-electron chi connectivity index (χ0n) is 12.7. The van der Waals surface area contributed by atoms with Crippen LogP contribution in [0.4, 0.5) is 11.4 Å². The van der Waals surface area contributed by atoms with Crippen molar-refractivity contribution in [3.05, 3.63) is 24.3 Å². The van der Waals surface area contributed by atoms with Crippen LogP contribution in [0.3, 0.4) is 0 Å². The van der Waals surface area contributed by atoms with Crippen molar-refractivity contribution in [2.75, 3.05) is 23.7 Å². The second kappa shape index (κ2) is 7.11. The van der Waals surface area contributed by atoms with Crippen LogP contribution in [0.2, 0.25) is 0 Å². The molecule has 1 aromatic rings. The Kier molecular flexibility index (Phi) is 5.20. The number of hydrogen-bond acceptors (Lipinski definition) is 3. The van der Waals surface area contributed by atoms with E-state index in [-0.39, 0.29) is 17.9 Å². The zero-order valence-corrected chi connectivity index (χ0v) is 12.7. The van der Waals surface area contributed by atoms with Crippen molar-refractivity contribution >= 4 is 23.2 Å². The SMILES string of the molecule is CC(=O)Nc1ccc(NC(C)C(=O)N2CCCCC2)cc1. The quantitative estimate of drug-likeness (QED) is 0.895. The predicted molar refractivity (Wildman–Crippen MR) is 84.3 cm³/mol. The maximum Gasteiger partial charge on any atom is 0.244 e. The van der Waals surface area contributed by atoms with Crippen molar-refractivity contribution in [3.8, 4) is 0 Å². The lowest BCUT2D eigenvalue weighted by Crippen LogP contribution is -2.43. The third-order valence-electron chi connectivity index (χ3n) is 3.63. The van der Waals surface area contributed by atoms with Gasteiger partial charge in [0.2, 0.25) is 11.8 Å². The van der Waals surface area contributed by atoms with Gasteiger partial charge in [-0.05, 0) is 50.5 Å². The molecule has 1 heterocycles. The number of carbonyl (C=O) groups is 2. The molecule has 2 N–H and O–H groups in total. The number of hydrogen-bond donors (Lipinski definition) is 2. The molecule has 1 atom stereocenters. The molecule has 0 aliphatic carbocycles. The Hall–Kier alpha value is -2.04. The zero-order chi connectivity index (χ0) is 15.2.